The number of benzene rings is 2. The van der Waals surface area contributed by atoms with Crippen LogP contribution in [-0.2, 0) is 19.6 Å². The predicted molar refractivity (Wildman–Crippen MR) is 132 cm³/mol. The van der Waals surface area contributed by atoms with Gasteiger partial charge >= 0.3 is 5.97 Å². The molecule has 11 heteroatoms. The van der Waals surface area contributed by atoms with Crippen molar-refractivity contribution in [2.24, 2.45) is 10.7 Å². The number of aliphatic imine (C=N–C) groups is 1. The molecule has 1 aliphatic rings. The van der Waals surface area contributed by atoms with E-state index in [1.165, 1.54) is 24.4 Å². The van der Waals surface area contributed by atoms with Crippen molar-refractivity contribution in [2.75, 3.05) is 13.2 Å². The van der Waals surface area contributed by atoms with Gasteiger partial charge in [0.15, 0.2) is 0 Å². The molecule has 34 heavy (non-hydrogen) atoms. The van der Waals surface area contributed by atoms with E-state index in [9.17, 15) is 13.2 Å². The smallest absolute Gasteiger partial charge is 0.327 e. The molecule has 8 nitrogen and oxygen atoms in total. The standard InChI is InChI=1S/C23H25Cl2N3O5S/c1-2-32-23(29)14-27-19-7-5-8-20(16(19)13-26)28-34(30,31)15-10-11-22(18(25)12-15)33-21-9-4-3-6-17(21)24/h3-4,6,9-13,20,28H,2,5,7-8,14,26H2,1H3. The van der Waals surface area contributed by atoms with Crippen molar-refractivity contribution in [3.63, 3.8) is 0 Å². The fourth-order valence-corrected chi connectivity index (χ4v) is 5.21. The van der Waals surface area contributed by atoms with E-state index in [1.54, 1.807) is 31.2 Å². The molecule has 1 fully saturated rings. The van der Waals surface area contributed by atoms with E-state index < -0.39 is 22.0 Å². The summed E-state index contributed by atoms with van der Waals surface area (Å²) in [7, 11) is -3.95. The summed E-state index contributed by atoms with van der Waals surface area (Å²) in [6, 6.07) is 10.4. The molecule has 2 aromatic rings. The molecule has 182 valence electrons. The maximum atomic E-state index is 13.1. The highest BCUT2D eigenvalue weighted by atomic mass is 35.5. The first kappa shape index (κ1) is 26.0. The number of halogens is 2. The molecule has 1 saturated carbocycles. The average molecular weight is 526 g/mol. The van der Waals surface area contributed by atoms with Crippen molar-refractivity contribution in [1.29, 1.82) is 0 Å². The minimum atomic E-state index is -3.95. The highest BCUT2D eigenvalue weighted by Gasteiger charge is 2.29. The van der Waals surface area contributed by atoms with Gasteiger partial charge in [-0.25, -0.2) is 13.1 Å². The van der Waals surface area contributed by atoms with Gasteiger partial charge in [-0.2, -0.15) is 0 Å². The van der Waals surface area contributed by atoms with Crippen molar-refractivity contribution < 1.29 is 22.7 Å². The largest absolute Gasteiger partial charge is 0.465 e. The number of nitrogens with zero attached hydrogens (tertiary/aromatic N) is 1. The van der Waals surface area contributed by atoms with Gasteiger partial charge in [0.2, 0.25) is 10.0 Å². The zero-order valence-corrected chi connectivity index (χ0v) is 20.8. The van der Waals surface area contributed by atoms with Crippen LogP contribution in [0.25, 0.3) is 0 Å². The second kappa shape index (κ2) is 11.7. The van der Waals surface area contributed by atoms with Gasteiger partial charge in [0.05, 0.1) is 27.6 Å². The van der Waals surface area contributed by atoms with E-state index in [1.807, 2.05) is 0 Å². The molecular weight excluding hydrogens is 501 g/mol. The van der Waals surface area contributed by atoms with Crippen LogP contribution in [0.4, 0.5) is 0 Å². The Bertz CT molecular complexity index is 1210. The van der Waals surface area contributed by atoms with Crippen LogP contribution in [0.15, 0.2) is 64.1 Å². The van der Waals surface area contributed by atoms with E-state index in [4.69, 9.17) is 38.4 Å². The Balaban J connectivity index is 1.77. The number of carbonyl (C=O) groups excluding carboxylic acids is 1. The van der Waals surface area contributed by atoms with Crippen molar-refractivity contribution in [3.05, 3.63) is 64.3 Å². The first-order valence-electron chi connectivity index (χ1n) is 10.6. The molecule has 1 atom stereocenters. The number of nitrogens with two attached hydrogens (primary N) is 1. The Hall–Kier alpha value is -2.59. The SMILES string of the molecule is CCOC(=O)CN=C1CCCC(NS(=O)(=O)c2ccc(Oc3ccccc3Cl)c(Cl)c2)C1=CN. The number of esters is 1. The van der Waals surface area contributed by atoms with Crippen molar-refractivity contribution in [1.82, 2.24) is 4.72 Å². The first-order chi connectivity index (χ1) is 16.2. The van der Waals surface area contributed by atoms with Gasteiger partial charge < -0.3 is 15.2 Å². The van der Waals surface area contributed by atoms with Gasteiger partial charge in [-0.15, -0.1) is 0 Å². The lowest BCUT2D eigenvalue weighted by atomic mass is 9.89. The molecule has 0 heterocycles. The Morgan fingerprint density at radius 3 is 2.62 bits per heavy atom. The topological polar surface area (TPSA) is 120 Å². The number of hydrogen-bond acceptors (Lipinski definition) is 7. The molecule has 0 aromatic heterocycles. The summed E-state index contributed by atoms with van der Waals surface area (Å²) >= 11 is 12.4. The van der Waals surface area contributed by atoms with Crippen LogP contribution in [0.3, 0.4) is 0 Å². The van der Waals surface area contributed by atoms with Crippen molar-refractivity contribution in [3.8, 4) is 11.5 Å². The Kier molecular flexibility index (Phi) is 8.96. The molecule has 0 saturated heterocycles. The molecule has 1 unspecified atom stereocenters. The molecule has 3 rings (SSSR count). The van der Waals surface area contributed by atoms with Crippen LogP contribution >= 0.6 is 23.2 Å². The summed E-state index contributed by atoms with van der Waals surface area (Å²) < 4.78 is 39.4. The van der Waals surface area contributed by atoms with Crippen LogP contribution in [0.1, 0.15) is 26.2 Å². The fourth-order valence-electron chi connectivity index (χ4n) is 3.48. The number of carbonyl (C=O) groups is 1. The average Bonchev–Trinajstić information content (AvgIpc) is 2.80. The third-order valence-electron chi connectivity index (χ3n) is 5.07. The Morgan fingerprint density at radius 2 is 1.94 bits per heavy atom. The summed E-state index contributed by atoms with van der Waals surface area (Å²) in [6.07, 6.45) is 3.12. The quantitative estimate of drug-likeness (QED) is 0.490. The van der Waals surface area contributed by atoms with Gasteiger partial charge in [-0.3, -0.25) is 9.79 Å². The molecule has 3 N–H and O–H groups in total. The molecule has 0 radical (unpaired) electrons. The Labute approximate surface area is 208 Å². The highest BCUT2D eigenvalue weighted by Crippen LogP contribution is 2.35. The van der Waals surface area contributed by atoms with Crippen LogP contribution in [0.5, 0.6) is 11.5 Å². The van der Waals surface area contributed by atoms with E-state index in [-0.39, 0.29) is 28.8 Å². The third kappa shape index (κ3) is 6.50. The van der Waals surface area contributed by atoms with Crippen LogP contribution in [-0.4, -0.2) is 39.3 Å². The molecule has 1 aliphatic carbocycles. The molecule has 0 bridgehead atoms. The predicted octanol–water partition coefficient (Wildman–Crippen LogP) is 4.46. The third-order valence-corrected chi connectivity index (χ3v) is 7.14. The highest BCUT2D eigenvalue weighted by molar-refractivity contribution is 7.89. The number of sulfonamides is 1. The van der Waals surface area contributed by atoms with Crippen LogP contribution < -0.4 is 15.2 Å². The number of hydrogen-bond donors (Lipinski definition) is 2. The molecule has 0 amide bonds. The van der Waals surface area contributed by atoms with Gasteiger partial charge in [0, 0.05) is 17.5 Å². The summed E-state index contributed by atoms with van der Waals surface area (Å²) in [5.41, 5.74) is 6.90. The van der Waals surface area contributed by atoms with Gasteiger partial charge in [0.1, 0.15) is 18.0 Å². The van der Waals surface area contributed by atoms with E-state index in [2.05, 4.69) is 9.71 Å². The normalized spacial score (nSPS) is 18.7. The number of nitrogens with one attached hydrogen (secondary N) is 1. The maximum absolute atomic E-state index is 13.1. The van der Waals surface area contributed by atoms with E-state index in [0.717, 1.165) is 0 Å². The lowest BCUT2D eigenvalue weighted by Gasteiger charge is -2.27. The maximum Gasteiger partial charge on any atom is 0.327 e. The van der Waals surface area contributed by atoms with E-state index >= 15 is 0 Å². The second-order valence-electron chi connectivity index (χ2n) is 7.38. The van der Waals surface area contributed by atoms with Crippen molar-refractivity contribution >= 4 is 44.9 Å². The molecule has 2 aromatic carbocycles. The monoisotopic (exact) mass is 525 g/mol. The molecule has 0 aliphatic heterocycles. The summed E-state index contributed by atoms with van der Waals surface area (Å²) in [5.74, 6) is 0.208. The zero-order chi connectivity index (χ0) is 24.7. The lowest BCUT2D eigenvalue weighted by Crippen LogP contribution is -2.41. The van der Waals surface area contributed by atoms with Gasteiger partial charge in [0.25, 0.3) is 0 Å². The van der Waals surface area contributed by atoms with E-state index in [0.29, 0.717) is 41.3 Å². The molecular formula is C23H25Cl2N3O5S. The number of para-hydroxylation sites is 1. The molecule has 0 spiro atoms. The van der Waals surface area contributed by atoms with Crippen LogP contribution in [0, 0.1) is 0 Å². The minimum Gasteiger partial charge on any atom is -0.465 e. The fraction of sp³-hybridized carbons (Fsp3) is 0.304. The number of ether oxygens (including phenoxy) is 2. The summed E-state index contributed by atoms with van der Waals surface area (Å²) in [4.78, 5) is 15.9. The van der Waals surface area contributed by atoms with Gasteiger partial charge in [-0.1, -0.05) is 35.3 Å². The Morgan fingerprint density at radius 1 is 1.21 bits per heavy atom. The first-order valence-corrected chi connectivity index (χ1v) is 12.8. The summed E-state index contributed by atoms with van der Waals surface area (Å²) in [5, 5.41) is 0.508. The van der Waals surface area contributed by atoms with Gasteiger partial charge in [-0.05, 0) is 56.5 Å². The van der Waals surface area contributed by atoms with Crippen LogP contribution in [0.2, 0.25) is 10.0 Å². The minimum absolute atomic E-state index is 0.0315. The zero-order valence-electron chi connectivity index (χ0n) is 18.5. The van der Waals surface area contributed by atoms with Crippen molar-refractivity contribution in [2.45, 2.75) is 37.1 Å². The second-order valence-corrected chi connectivity index (χ2v) is 9.91. The lowest BCUT2D eigenvalue weighted by molar-refractivity contribution is -0.141. The number of rotatable bonds is 8. The summed E-state index contributed by atoms with van der Waals surface area (Å²) in [6.45, 7) is 1.82.